The van der Waals surface area contributed by atoms with E-state index in [2.05, 4.69) is 25.6 Å². The molecule has 0 unspecified atom stereocenters. The Morgan fingerprint density at radius 3 is 2.77 bits per heavy atom. The van der Waals surface area contributed by atoms with E-state index < -0.39 is 11.7 Å². The summed E-state index contributed by atoms with van der Waals surface area (Å²) in [6.45, 7) is 5.15. The lowest BCUT2D eigenvalue weighted by atomic mass is 10.1. The predicted molar refractivity (Wildman–Crippen MR) is 119 cm³/mol. The molecule has 10 heteroatoms. The zero-order valence-electron chi connectivity index (χ0n) is 17.1. The number of carbonyl (C=O) groups is 1. The van der Waals surface area contributed by atoms with Crippen molar-refractivity contribution in [2.75, 3.05) is 36.4 Å². The van der Waals surface area contributed by atoms with E-state index in [1.807, 2.05) is 13.2 Å². The van der Waals surface area contributed by atoms with E-state index >= 15 is 0 Å². The third kappa shape index (κ3) is 3.49. The molecule has 1 saturated heterocycles. The SMILES string of the molecule is Cc1cn2cc(NC(=O)c3cc(Cl)c(N4CCNCC4)c4cn(C)nc34)cc(F)c2n1. The molecule has 1 aliphatic rings. The normalized spacial score (nSPS) is 14.5. The van der Waals surface area contributed by atoms with Gasteiger partial charge < -0.3 is 19.9 Å². The van der Waals surface area contributed by atoms with E-state index in [1.54, 1.807) is 34.5 Å². The largest absolute Gasteiger partial charge is 0.367 e. The van der Waals surface area contributed by atoms with Crippen LogP contribution in [0.3, 0.4) is 0 Å². The van der Waals surface area contributed by atoms with Gasteiger partial charge in [-0.25, -0.2) is 9.37 Å². The zero-order chi connectivity index (χ0) is 21.7. The minimum absolute atomic E-state index is 0.214. The van der Waals surface area contributed by atoms with Crippen LogP contribution in [-0.4, -0.2) is 51.3 Å². The fourth-order valence-corrected chi connectivity index (χ4v) is 4.41. The second-order valence-electron chi connectivity index (χ2n) is 7.70. The van der Waals surface area contributed by atoms with Gasteiger partial charge in [0.25, 0.3) is 5.91 Å². The molecular formula is C21H21ClFN7O. The number of rotatable bonds is 3. The molecule has 4 aromatic rings. The Bertz CT molecular complexity index is 1320. The molecule has 5 rings (SSSR count). The van der Waals surface area contributed by atoms with Crippen molar-refractivity contribution in [3.8, 4) is 0 Å². The van der Waals surface area contributed by atoms with Gasteiger partial charge in [-0.3, -0.25) is 9.48 Å². The first-order valence-electron chi connectivity index (χ1n) is 9.98. The second-order valence-corrected chi connectivity index (χ2v) is 8.11. The van der Waals surface area contributed by atoms with Gasteiger partial charge in [-0.05, 0) is 13.0 Å². The van der Waals surface area contributed by atoms with Crippen molar-refractivity contribution < 1.29 is 9.18 Å². The summed E-state index contributed by atoms with van der Waals surface area (Å²) in [5.74, 6) is -0.922. The molecule has 0 radical (unpaired) electrons. The van der Waals surface area contributed by atoms with Crippen molar-refractivity contribution in [3.63, 3.8) is 0 Å². The third-order valence-electron chi connectivity index (χ3n) is 5.40. The maximum absolute atomic E-state index is 14.4. The molecule has 0 aliphatic carbocycles. The Morgan fingerprint density at radius 1 is 1.23 bits per heavy atom. The molecule has 8 nitrogen and oxygen atoms in total. The van der Waals surface area contributed by atoms with Gasteiger partial charge in [0.15, 0.2) is 11.5 Å². The maximum atomic E-state index is 14.4. The third-order valence-corrected chi connectivity index (χ3v) is 5.69. The number of aromatic nitrogens is 4. The van der Waals surface area contributed by atoms with Crippen LogP contribution >= 0.6 is 11.6 Å². The number of anilines is 2. The first-order chi connectivity index (χ1) is 14.9. The first kappa shape index (κ1) is 19.8. The second kappa shape index (κ2) is 7.51. The van der Waals surface area contributed by atoms with Gasteiger partial charge in [0.05, 0.1) is 27.7 Å². The lowest BCUT2D eigenvalue weighted by Crippen LogP contribution is -2.43. The Morgan fingerprint density at radius 2 is 2.00 bits per heavy atom. The summed E-state index contributed by atoms with van der Waals surface area (Å²) in [6, 6.07) is 2.89. The monoisotopic (exact) mass is 441 g/mol. The summed E-state index contributed by atoms with van der Waals surface area (Å²) >= 11 is 6.65. The smallest absolute Gasteiger partial charge is 0.258 e. The Labute approximate surface area is 182 Å². The molecule has 1 aliphatic heterocycles. The average Bonchev–Trinajstić information content (AvgIpc) is 3.29. The van der Waals surface area contributed by atoms with Gasteiger partial charge in [0.1, 0.15) is 5.52 Å². The highest BCUT2D eigenvalue weighted by molar-refractivity contribution is 6.36. The van der Waals surface area contributed by atoms with Gasteiger partial charge >= 0.3 is 0 Å². The van der Waals surface area contributed by atoms with Gasteiger partial charge in [-0.1, -0.05) is 11.6 Å². The van der Waals surface area contributed by atoms with Gasteiger partial charge in [-0.2, -0.15) is 5.10 Å². The summed E-state index contributed by atoms with van der Waals surface area (Å²) in [6.07, 6.45) is 5.20. The molecule has 1 amide bonds. The highest BCUT2D eigenvalue weighted by Crippen LogP contribution is 2.36. The van der Waals surface area contributed by atoms with Crippen LogP contribution in [0, 0.1) is 12.7 Å². The maximum Gasteiger partial charge on any atom is 0.258 e. The lowest BCUT2D eigenvalue weighted by Gasteiger charge is -2.30. The number of hydrogen-bond acceptors (Lipinski definition) is 5. The number of hydrogen-bond donors (Lipinski definition) is 2. The van der Waals surface area contributed by atoms with Gasteiger partial charge in [0.2, 0.25) is 0 Å². The number of nitrogens with zero attached hydrogens (tertiary/aromatic N) is 5. The van der Waals surface area contributed by atoms with Crippen LogP contribution in [0.15, 0.2) is 30.7 Å². The first-order valence-corrected chi connectivity index (χ1v) is 10.4. The van der Waals surface area contributed by atoms with E-state index in [4.69, 9.17) is 11.6 Å². The molecule has 0 spiro atoms. The summed E-state index contributed by atoms with van der Waals surface area (Å²) in [5, 5.41) is 11.9. The van der Waals surface area contributed by atoms with E-state index in [1.165, 1.54) is 6.07 Å². The Kier molecular flexibility index (Phi) is 4.79. The number of carbonyl (C=O) groups excluding carboxylic acids is 1. The molecule has 0 bridgehead atoms. The fraction of sp³-hybridized carbons (Fsp3) is 0.286. The van der Waals surface area contributed by atoms with Gasteiger partial charge in [0, 0.05) is 63.3 Å². The van der Waals surface area contributed by atoms with Crippen molar-refractivity contribution in [2.24, 2.45) is 7.05 Å². The van der Waals surface area contributed by atoms with Crippen LogP contribution in [0.25, 0.3) is 16.6 Å². The van der Waals surface area contributed by atoms with E-state index in [9.17, 15) is 9.18 Å². The van der Waals surface area contributed by atoms with Crippen LogP contribution in [0.4, 0.5) is 15.8 Å². The van der Waals surface area contributed by atoms with Crippen LogP contribution in [-0.2, 0) is 7.05 Å². The molecule has 160 valence electrons. The van der Waals surface area contributed by atoms with Crippen LogP contribution in [0.2, 0.25) is 5.02 Å². The fourth-order valence-electron chi connectivity index (χ4n) is 4.08. The minimum Gasteiger partial charge on any atom is -0.367 e. The predicted octanol–water partition coefficient (Wildman–Crippen LogP) is 2.98. The summed E-state index contributed by atoms with van der Waals surface area (Å²) in [4.78, 5) is 19.5. The molecule has 1 fully saturated rings. The standard InChI is InChI=1S/C21H21ClFN7O/c1-12-9-30-10-13(7-17(23)20(30)25-12)26-21(31)14-8-16(22)19(29-5-3-24-4-6-29)15-11-28(2)27-18(14)15/h7-11,24H,3-6H2,1-2H3,(H,26,31). The van der Waals surface area contributed by atoms with Crippen molar-refractivity contribution in [1.82, 2.24) is 24.5 Å². The molecule has 1 aromatic carbocycles. The molecular weight excluding hydrogens is 421 g/mol. The van der Waals surface area contributed by atoms with Crippen LogP contribution in [0.1, 0.15) is 16.1 Å². The molecule has 2 N–H and O–H groups in total. The number of piperazine rings is 1. The van der Waals surface area contributed by atoms with Crippen molar-refractivity contribution in [1.29, 1.82) is 0 Å². The molecule has 4 heterocycles. The number of imidazole rings is 1. The molecule has 31 heavy (non-hydrogen) atoms. The van der Waals surface area contributed by atoms with E-state index in [-0.39, 0.29) is 5.65 Å². The summed E-state index contributed by atoms with van der Waals surface area (Å²) in [7, 11) is 1.81. The number of benzene rings is 1. The molecule has 0 saturated carbocycles. The lowest BCUT2D eigenvalue weighted by molar-refractivity contribution is 0.102. The highest BCUT2D eigenvalue weighted by atomic mass is 35.5. The van der Waals surface area contributed by atoms with E-state index in [0.717, 1.165) is 37.3 Å². The highest BCUT2D eigenvalue weighted by Gasteiger charge is 2.23. The average molecular weight is 442 g/mol. The summed E-state index contributed by atoms with van der Waals surface area (Å²) in [5.41, 5.74) is 2.99. The summed E-state index contributed by atoms with van der Waals surface area (Å²) < 4.78 is 17.6. The number of aryl methyl sites for hydroxylation is 2. The Balaban J connectivity index is 1.55. The van der Waals surface area contributed by atoms with Crippen molar-refractivity contribution in [2.45, 2.75) is 6.92 Å². The number of pyridine rings is 1. The van der Waals surface area contributed by atoms with Crippen molar-refractivity contribution in [3.05, 3.63) is 52.8 Å². The molecule has 0 atom stereocenters. The molecule has 3 aromatic heterocycles. The van der Waals surface area contributed by atoms with Gasteiger partial charge in [-0.15, -0.1) is 0 Å². The number of halogens is 2. The zero-order valence-corrected chi connectivity index (χ0v) is 17.9. The topological polar surface area (TPSA) is 79.5 Å². The van der Waals surface area contributed by atoms with E-state index in [0.29, 0.717) is 27.5 Å². The van der Waals surface area contributed by atoms with Crippen molar-refractivity contribution >= 4 is 45.4 Å². The number of nitrogens with one attached hydrogen (secondary N) is 2. The quantitative estimate of drug-likeness (QED) is 0.511. The van der Waals surface area contributed by atoms with Crippen LogP contribution < -0.4 is 15.5 Å². The Hall–Kier alpha value is -3.17. The minimum atomic E-state index is -0.513. The number of amides is 1. The van der Waals surface area contributed by atoms with Crippen LogP contribution in [0.5, 0.6) is 0 Å². The number of fused-ring (bicyclic) bond motifs is 2.